The van der Waals surface area contributed by atoms with E-state index in [2.05, 4.69) is 32.3 Å². The van der Waals surface area contributed by atoms with Gasteiger partial charge in [0.15, 0.2) is 0 Å². The molecule has 0 heterocycles. The van der Waals surface area contributed by atoms with Crippen LogP contribution in [0.3, 0.4) is 0 Å². The minimum Gasteiger partial charge on any atom is -0.325 e. The minimum atomic E-state index is -1.58. The highest BCUT2D eigenvalue weighted by atomic mass is 28.4. The maximum atomic E-state index is 7.96. The lowest BCUT2D eigenvalue weighted by Gasteiger charge is -2.34. The first-order valence-electron chi connectivity index (χ1n) is 5.98. The van der Waals surface area contributed by atoms with E-state index in [1.165, 1.54) is 30.7 Å². The third-order valence-corrected chi connectivity index (χ3v) is 3.50. The van der Waals surface area contributed by atoms with Gasteiger partial charge in [-0.25, -0.2) is 0 Å². The minimum absolute atomic E-state index is 1.28. The lowest BCUT2D eigenvalue weighted by Crippen LogP contribution is -2.47. The molecule has 0 aliphatic carbocycles. The van der Waals surface area contributed by atoms with Gasteiger partial charge in [-0.3, -0.25) is 9.83 Å². The molecule has 1 N–H and O–H groups in total. The Kier molecular flexibility index (Phi) is 9.65. The maximum Gasteiger partial charge on any atom is 0.229 e. The zero-order valence-electron chi connectivity index (χ0n) is 11.6. The van der Waals surface area contributed by atoms with Crippen LogP contribution in [0.4, 0.5) is 0 Å². The van der Waals surface area contributed by atoms with Crippen molar-refractivity contribution >= 4 is 8.32 Å². The Hall–Kier alpha value is 0.0969. The first-order chi connectivity index (χ1) is 6.80. The summed E-state index contributed by atoms with van der Waals surface area (Å²) in [7, 11) is -1.58. The van der Waals surface area contributed by atoms with Crippen molar-refractivity contribution in [1.82, 2.24) is 0 Å². The van der Waals surface area contributed by atoms with E-state index in [0.29, 0.717) is 0 Å². The molecule has 0 aromatic heterocycles. The van der Waals surface area contributed by atoms with Gasteiger partial charge in [0.05, 0.1) is 26.2 Å². The van der Waals surface area contributed by atoms with E-state index in [0.717, 1.165) is 0 Å². The molecule has 0 unspecified atom stereocenters. The Labute approximate surface area is 96.7 Å². The number of hydrogen-bond donors (Lipinski definition) is 1. The lowest BCUT2D eigenvalue weighted by atomic mass is 10.3. The Balaban J connectivity index is 0. The van der Waals surface area contributed by atoms with Gasteiger partial charge in [0.2, 0.25) is 8.32 Å². The molecule has 0 fully saturated rings. The van der Waals surface area contributed by atoms with Gasteiger partial charge in [-0.05, 0) is 47.3 Å². The van der Waals surface area contributed by atoms with Gasteiger partial charge in [0, 0.05) is 0 Å². The van der Waals surface area contributed by atoms with Crippen LogP contribution in [0.25, 0.3) is 0 Å². The molecule has 0 aliphatic heterocycles. The molecule has 4 heteroatoms. The fourth-order valence-corrected chi connectivity index (χ4v) is 1.34. The summed E-state index contributed by atoms with van der Waals surface area (Å²) in [6.07, 6.45) is 0. The number of quaternary nitrogens is 1. The standard InChI is InChI=1S/C8H20N.C3H10O2Si/c1-5-9(6-2,7-3)8-4;1-6(2,3)5-4/h5-8H2,1-4H3;4H,1-3H3/q+1;. The zero-order valence-corrected chi connectivity index (χ0v) is 12.6. The van der Waals surface area contributed by atoms with Crippen molar-refractivity contribution in [3.63, 3.8) is 0 Å². The van der Waals surface area contributed by atoms with Crippen molar-refractivity contribution in [3.8, 4) is 0 Å². The zero-order chi connectivity index (χ0) is 12.5. The highest BCUT2D eigenvalue weighted by Crippen LogP contribution is 2.03. The molecular formula is C11H30NO2Si+. The molecule has 0 aromatic carbocycles. The van der Waals surface area contributed by atoms with E-state index in [-0.39, 0.29) is 0 Å². The summed E-state index contributed by atoms with van der Waals surface area (Å²) < 4.78 is 5.35. The summed E-state index contributed by atoms with van der Waals surface area (Å²) in [6.45, 7) is 20.0. The molecule has 0 radical (unpaired) electrons. The molecular weight excluding hydrogens is 206 g/mol. The lowest BCUT2D eigenvalue weighted by molar-refractivity contribution is -0.921. The molecule has 0 atom stereocenters. The van der Waals surface area contributed by atoms with E-state index in [1.54, 1.807) is 0 Å². The SMILES string of the molecule is CC[N+](CC)(CC)CC.C[Si](C)(C)OO. The van der Waals surface area contributed by atoms with Crippen LogP contribution in [-0.2, 0) is 4.58 Å². The predicted molar refractivity (Wildman–Crippen MR) is 69.5 cm³/mol. The van der Waals surface area contributed by atoms with Gasteiger partial charge in [-0.15, -0.1) is 0 Å². The summed E-state index contributed by atoms with van der Waals surface area (Å²) in [4.78, 5) is 0. The molecule has 3 nitrogen and oxygen atoms in total. The molecule has 0 rings (SSSR count). The molecule has 0 aromatic rings. The number of nitrogens with zero attached hydrogens (tertiary/aromatic N) is 1. The molecule has 0 amide bonds. The summed E-state index contributed by atoms with van der Waals surface area (Å²) in [5.41, 5.74) is 0. The third-order valence-electron chi connectivity index (χ3n) is 2.96. The van der Waals surface area contributed by atoms with Crippen molar-refractivity contribution in [2.24, 2.45) is 0 Å². The fraction of sp³-hybridized carbons (Fsp3) is 1.00. The van der Waals surface area contributed by atoms with Crippen LogP contribution < -0.4 is 0 Å². The Morgan fingerprint density at radius 2 is 1.07 bits per heavy atom. The van der Waals surface area contributed by atoms with Gasteiger partial charge in [0.25, 0.3) is 0 Å². The Bertz CT molecular complexity index is 125. The average Bonchev–Trinajstić information content (AvgIpc) is 2.22. The van der Waals surface area contributed by atoms with Crippen LogP contribution in [0.1, 0.15) is 27.7 Å². The van der Waals surface area contributed by atoms with E-state index in [4.69, 9.17) is 5.26 Å². The fourth-order valence-electron chi connectivity index (χ4n) is 1.34. The van der Waals surface area contributed by atoms with Crippen molar-refractivity contribution in [2.45, 2.75) is 47.3 Å². The second-order valence-corrected chi connectivity index (χ2v) is 9.22. The van der Waals surface area contributed by atoms with Crippen LogP contribution >= 0.6 is 0 Å². The van der Waals surface area contributed by atoms with Gasteiger partial charge >= 0.3 is 0 Å². The largest absolute Gasteiger partial charge is 0.325 e. The summed E-state index contributed by atoms with van der Waals surface area (Å²) in [5, 5.41) is 7.96. The molecule has 0 spiro atoms. The van der Waals surface area contributed by atoms with Crippen molar-refractivity contribution < 1.29 is 14.3 Å². The first kappa shape index (κ1) is 17.5. The molecule has 0 saturated heterocycles. The summed E-state index contributed by atoms with van der Waals surface area (Å²) in [5.74, 6) is 0. The second-order valence-electron chi connectivity index (χ2n) is 4.81. The highest BCUT2D eigenvalue weighted by molar-refractivity contribution is 6.69. The van der Waals surface area contributed by atoms with Gasteiger partial charge in [0.1, 0.15) is 0 Å². The van der Waals surface area contributed by atoms with E-state index >= 15 is 0 Å². The summed E-state index contributed by atoms with van der Waals surface area (Å²) >= 11 is 0. The van der Waals surface area contributed by atoms with Crippen molar-refractivity contribution in [1.29, 1.82) is 0 Å². The predicted octanol–water partition coefficient (Wildman–Crippen LogP) is 3.19. The monoisotopic (exact) mass is 236 g/mol. The van der Waals surface area contributed by atoms with Crippen LogP contribution in [0.5, 0.6) is 0 Å². The maximum absolute atomic E-state index is 7.96. The number of hydrogen-bond acceptors (Lipinski definition) is 2. The Morgan fingerprint density at radius 1 is 0.867 bits per heavy atom. The van der Waals surface area contributed by atoms with Crippen LogP contribution in [0, 0.1) is 0 Å². The van der Waals surface area contributed by atoms with Gasteiger partial charge in [-0.1, -0.05) is 0 Å². The van der Waals surface area contributed by atoms with E-state index in [1.807, 2.05) is 19.6 Å². The second kappa shape index (κ2) is 8.27. The topological polar surface area (TPSA) is 29.5 Å². The molecule has 0 aliphatic rings. The van der Waals surface area contributed by atoms with Gasteiger partial charge in [-0.2, -0.15) is 0 Å². The molecule has 0 saturated carbocycles. The molecule has 0 bridgehead atoms. The highest BCUT2D eigenvalue weighted by Gasteiger charge is 2.16. The summed E-state index contributed by atoms with van der Waals surface area (Å²) in [6, 6.07) is 0. The van der Waals surface area contributed by atoms with E-state index < -0.39 is 8.32 Å². The van der Waals surface area contributed by atoms with Gasteiger partial charge < -0.3 is 4.48 Å². The number of rotatable bonds is 5. The van der Waals surface area contributed by atoms with Crippen LogP contribution in [-0.4, -0.2) is 44.2 Å². The van der Waals surface area contributed by atoms with Crippen molar-refractivity contribution in [3.05, 3.63) is 0 Å². The normalized spacial score (nSPS) is 12.0. The van der Waals surface area contributed by atoms with Crippen LogP contribution in [0.15, 0.2) is 0 Å². The Morgan fingerprint density at radius 3 is 1.07 bits per heavy atom. The molecule has 94 valence electrons. The van der Waals surface area contributed by atoms with E-state index in [9.17, 15) is 0 Å². The quantitative estimate of drug-likeness (QED) is 0.344. The van der Waals surface area contributed by atoms with Crippen molar-refractivity contribution in [2.75, 3.05) is 26.2 Å². The first-order valence-corrected chi connectivity index (χ1v) is 9.39. The smallest absolute Gasteiger partial charge is 0.229 e. The third kappa shape index (κ3) is 9.05. The average molecular weight is 236 g/mol. The molecule has 15 heavy (non-hydrogen) atoms. The van der Waals surface area contributed by atoms with Crippen LogP contribution in [0.2, 0.25) is 19.6 Å².